The largest absolute Gasteiger partial charge is 0.396 e. The van der Waals surface area contributed by atoms with Gasteiger partial charge >= 0.3 is 0 Å². The molecule has 0 bridgehead atoms. The monoisotopic (exact) mass is 239 g/mol. The van der Waals surface area contributed by atoms with Crippen molar-refractivity contribution in [3.05, 3.63) is 22.4 Å². The fourth-order valence-corrected chi connectivity index (χ4v) is 3.57. The quantitative estimate of drug-likeness (QED) is 0.854. The van der Waals surface area contributed by atoms with Crippen molar-refractivity contribution in [2.45, 2.75) is 32.2 Å². The van der Waals surface area contributed by atoms with Gasteiger partial charge in [-0.1, -0.05) is 18.9 Å². The number of hydrogen-bond donors (Lipinski definition) is 1. The zero-order valence-electron chi connectivity index (χ0n) is 9.98. The number of aliphatic hydroxyl groups excluding tert-OH is 1. The highest BCUT2D eigenvalue weighted by atomic mass is 32.1. The molecule has 1 heterocycles. The number of hydrogen-bond acceptors (Lipinski definition) is 3. The Hall–Kier alpha value is -0.380. The predicted octanol–water partition coefficient (Wildman–Crippen LogP) is 2.73. The van der Waals surface area contributed by atoms with Crippen molar-refractivity contribution in [1.82, 2.24) is 4.90 Å². The molecule has 0 spiro atoms. The Bertz CT molecular complexity index is 304. The maximum Gasteiger partial charge on any atom is 0.0499 e. The van der Waals surface area contributed by atoms with E-state index < -0.39 is 0 Å². The van der Waals surface area contributed by atoms with Gasteiger partial charge in [0.25, 0.3) is 0 Å². The van der Waals surface area contributed by atoms with E-state index in [0.717, 1.165) is 13.1 Å². The normalized spacial score (nSPS) is 19.4. The summed E-state index contributed by atoms with van der Waals surface area (Å²) in [5.74, 6) is 0. The highest BCUT2D eigenvalue weighted by Crippen LogP contribution is 2.38. The number of thiophene rings is 1. The molecule has 1 aromatic rings. The molecular formula is C13H21NOS. The van der Waals surface area contributed by atoms with E-state index in [-0.39, 0.29) is 5.41 Å². The molecule has 0 amide bonds. The Morgan fingerprint density at radius 3 is 2.75 bits per heavy atom. The van der Waals surface area contributed by atoms with Gasteiger partial charge in [0.05, 0.1) is 0 Å². The standard InChI is InChI=1S/C13H21NOS/c1-14(9-12-5-4-8-16-12)10-13(11-15)6-2-3-7-13/h4-5,8,15H,2-3,6-7,9-11H2,1H3. The van der Waals surface area contributed by atoms with Gasteiger partial charge in [0.15, 0.2) is 0 Å². The minimum Gasteiger partial charge on any atom is -0.396 e. The van der Waals surface area contributed by atoms with Gasteiger partial charge in [0.1, 0.15) is 0 Å². The summed E-state index contributed by atoms with van der Waals surface area (Å²) in [6.45, 7) is 2.39. The van der Waals surface area contributed by atoms with Gasteiger partial charge < -0.3 is 10.0 Å². The summed E-state index contributed by atoms with van der Waals surface area (Å²) >= 11 is 1.81. The summed E-state index contributed by atoms with van der Waals surface area (Å²) in [6, 6.07) is 4.28. The minimum absolute atomic E-state index is 0.187. The number of nitrogens with zero attached hydrogens (tertiary/aromatic N) is 1. The summed E-state index contributed by atoms with van der Waals surface area (Å²) in [5.41, 5.74) is 0.187. The van der Waals surface area contributed by atoms with Crippen LogP contribution in [0.2, 0.25) is 0 Å². The van der Waals surface area contributed by atoms with E-state index in [9.17, 15) is 5.11 Å². The smallest absolute Gasteiger partial charge is 0.0499 e. The highest BCUT2D eigenvalue weighted by Gasteiger charge is 2.34. The maximum atomic E-state index is 9.57. The molecule has 1 aromatic heterocycles. The van der Waals surface area contributed by atoms with Crippen LogP contribution in [0.1, 0.15) is 30.6 Å². The van der Waals surface area contributed by atoms with Gasteiger partial charge in [0, 0.05) is 30.0 Å². The van der Waals surface area contributed by atoms with Crippen LogP contribution in [-0.4, -0.2) is 30.2 Å². The zero-order valence-corrected chi connectivity index (χ0v) is 10.8. The van der Waals surface area contributed by atoms with Crippen LogP contribution >= 0.6 is 11.3 Å². The van der Waals surface area contributed by atoms with E-state index in [1.807, 2.05) is 11.3 Å². The van der Waals surface area contributed by atoms with Crippen LogP contribution in [0.25, 0.3) is 0 Å². The first-order valence-electron chi connectivity index (χ1n) is 6.06. The van der Waals surface area contributed by atoms with Crippen LogP contribution in [0.4, 0.5) is 0 Å². The zero-order chi connectivity index (χ0) is 11.4. The lowest BCUT2D eigenvalue weighted by molar-refractivity contribution is 0.0867. The molecule has 1 N–H and O–H groups in total. The van der Waals surface area contributed by atoms with Gasteiger partial charge in [-0.05, 0) is 31.3 Å². The minimum atomic E-state index is 0.187. The topological polar surface area (TPSA) is 23.5 Å². The molecule has 1 saturated carbocycles. The van der Waals surface area contributed by atoms with Gasteiger partial charge in [-0.2, -0.15) is 0 Å². The molecule has 3 heteroatoms. The third-order valence-electron chi connectivity index (χ3n) is 3.61. The van der Waals surface area contributed by atoms with Crippen LogP contribution in [0.3, 0.4) is 0 Å². The average molecular weight is 239 g/mol. The Labute approximate surface area is 102 Å². The predicted molar refractivity (Wildman–Crippen MR) is 68.6 cm³/mol. The van der Waals surface area contributed by atoms with Crippen LogP contribution in [0, 0.1) is 5.41 Å². The van der Waals surface area contributed by atoms with Crippen LogP contribution < -0.4 is 0 Å². The molecule has 0 saturated heterocycles. The lowest BCUT2D eigenvalue weighted by Gasteiger charge is -2.31. The SMILES string of the molecule is CN(Cc1cccs1)CC1(CO)CCCC1. The summed E-state index contributed by atoms with van der Waals surface area (Å²) in [7, 11) is 2.16. The van der Waals surface area contributed by atoms with Crippen molar-refractivity contribution < 1.29 is 5.11 Å². The second kappa shape index (κ2) is 5.30. The van der Waals surface area contributed by atoms with Crippen molar-refractivity contribution in [2.75, 3.05) is 20.2 Å². The fraction of sp³-hybridized carbons (Fsp3) is 0.692. The van der Waals surface area contributed by atoms with Crippen molar-refractivity contribution in [1.29, 1.82) is 0 Å². The van der Waals surface area contributed by atoms with Crippen molar-refractivity contribution >= 4 is 11.3 Å². The average Bonchev–Trinajstić information content (AvgIpc) is 2.90. The summed E-state index contributed by atoms with van der Waals surface area (Å²) < 4.78 is 0. The van der Waals surface area contributed by atoms with Crippen molar-refractivity contribution in [3.8, 4) is 0 Å². The van der Waals surface area contributed by atoms with Gasteiger partial charge in [0.2, 0.25) is 0 Å². The summed E-state index contributed by atoms with van der Waals surface area (Å²) in [5, 5.41) is 11.7. The van der Waals surface area contributed by atoms with E-state index >= 15 is 0 Å². The molecule has 2 rings (SSSR count). The highest BCUT2D eigenvalue weighted by molar-refractivity contribution is 7.09. The molecule has 16 heavy (non-hydrogen) atoms. The van der Waals surface area contributed by atoms with Crippen molar-refractivity contribution in [2.24, 2.45) is 5.41 Å². The van der Waals surface area contributed by atoms with Crippen LogP contribution in [-0.2, 0) is 6.54 Å². The number of aliphatic hydroxyl groups is 1. The maximum absolute atomic E-state index is 9.57. The Morgan fingerprint density at radius 1 is 1.44 bits per heavy atom. The first kappa shape index (κ1) is 12.1. The molecule has 0 aromatic carbocycles. The Balaban J connectivity index is 1.88. The van der Waals surface area contributed by atoms with E-state index in [0.29, 0.717) is 6.61 Å². The molecule has 0 unspecified atom stereocenters. The van der Waals surface area contributed by atoms with Crippen LogP contribution in [0.15, 0.2) is 17.5 Å². The van der Waals surface area contributed by atoms with Gasteiger partial charge in [-0.3, -0.25) is 0 Å². The molecular weight excluding hydrogens is 218 g/mol. The molecule has 1 aliphatic carbocycles. The first-order valence-corrected chi connectivity index (χ1v) is 6.94. The summed E-state index contributed by atoms with van der Waals surface area (Å²) in [4.78, 5) is 3.77. The molecule has 2 nitrogen and oxygen atoms in total. The van der Waals surface area contributed by atoms with Gasteiger partial charge in [-0.25, -0.2) is 0 Å². The van der Waals surface area contributed by atoms with Crippen LogP contribution in [0.5, 0.6) is 0 Å². The second-order valence-electron chi connectivity index (χ2n) is 5.12. The second-order valence-corrected chi connectivity index (χ2v) is 6.15. The Morgan fingerprint density at radius 2 is 2.19 bits per heavy atom. The lowest BCUT2D eigenvalue weighted by atomic mass is 9.87. The molecule has 90 valence electrons. The molecule has 1 fully saturated rings. The molecule has 1 aliphatic rings. The van der Waals surface area contributed by atoms with E-state index in [2.05, 4.69) is 29.5 Å². The molecule has 0 atom stereocenters. The van der Waals surface area contributed by atoms with E-state index in [1.54, 1.807) is 0 Å². The van der Waals surface area contributed by atoms with E-state index in [4.69, 9.17) is 0 Å². The molecule has 0 aliphatic heterocycles. The fourth-order valence-electron chi connectivity index (χ4n) is 2.79. The summed E-state index contributed by atoms with van der Waals surface area (Å²) in [6.07, 6.45) is 4.96. The third kappa shape index (κ3) is 2.84. The number of rotatable bonds is 5. The first-order chi connectivity index (χ1) is 7.74. The van der Waals surface area contributed by atoms with Crippen molar-refractivity contribution in [3.63, 3.8) is 0 Å². The third-order valence-corrected chi connectivity index (χ3v) is 4.47. The Kier molecular flexibility index (Phi) is 4.00. The lowest BCUT2D eigenvalue weighted by Crippen LogP contribution is -2.36. The molecule has 0 radical (unpaired) electrons. The van der Waals surface area contributed by atoms with E-state index in [1.165, 1.54) is 30.6 Å². The van der Waals surface area contributed by atoms with Gasteiger partial charge in [-0.15, -0.1) is 11.3 Å².